The molecule has 98 valence electrons. The second-order valence-corrected chi connectivity index (χ2v) is 6.76. The lowest BCUT2D eigenvalue weighted by molar-refractivity contribution is 0.111. The van der Waals surface area contributed by atoms with E-state index in [0.29, 0.717) is 6.61 Å². The van der Waals surface area contributed by atoms with Crippen molar-refractivity contribution in [2.45, 2.75) is 52.0 Å². The van der Waals surface area contributed by atoms with Crippen LogP contribution in [0.15, 0.2) is 0 Å². The third-order valence-electron chi connectivity index (χ3n) is 6.28. The molecule has 17 heavy (non-hydrogen) atoms. The number of nitrogens with one attached hydrogen (secondary N) is 1. The number of hydrogen-bond donors (Lipinski definition) is 2. The highest BCUT2D eigenvalue weighted by atomic mass is 16.3. The normalized spacial score (nSPS) is 42.9. The molecule has 3 fully saturated rings. The number of rotatable bonds is 6. The highest BCUT2D eigenvalue weighted by molar-refractivity contribution is 5.17. The molecule has 0 spiro atoms. The first kappa shape index (κ1) is 12.0. The molecule has 0 heterocycles. The molecule has 2 nitrogen and oxygen atoms in total. The van der Waals surface area contributed by atoms with Crippen LogP contribution in [0.25, 0.3) is 0 Å². The molecule has 0 radical (unpaired) electrons. The van der Waals surface area contributed by atoms with E-state index in [1.54, 1.807) is 0 Å². The van der Waals surface area contributed by atoms with E-state index in [9.17, 15) is 5.11 Å². The fraction of sp³-hybridized carbons (Fsp3) is 1.00. The zero-order valence-corrected chi connectivity index (χ0v) is 11.3. The Kier molecular flexibility index (Phi) is 2.99. The van der Waals surface area contributed by atoms with Crippen LogP contribution in [0, 0.1) is 29.1 Å². The molecule has 0 saturated heterocycles. The van der Waals surface area contributed by atoms with Gasteiger partial charge in [-0.1, -0.05) is 13.8 Å². The molecule has 3 saturated carbocycles. The maximum absolute atomic E-state index is 9.59. The van der Waals surface area contributed by atoms with E-state index in [-0.39, 0.29) is 5.41 Å². The van der Waals surface area contributed by atoms with Gasteiger partial charge in [-0.05, 0) is 55.8 Å². The third-order valence-corrected chi connectivity index (χ3v) is 6.28. The molecule has 3 rings (SSSR count). The Hall–Kier alpha value is -0.0800. The van der Waals surface area contributed by atoms with E-state index < -0.39 is 0 Å². The lowest BCUT2D eigenvalue weighted by Gasteiger charge is -2.30. The summed E-state index contributed by atoms with van der Waals surface area (Å²) in [6.07, 6.45) is 6.69. The fourth-order valence-electron chi connectivity index (χ4n) is 4.71. The van der Waals surface area contributed by atoms with Crippen LogP contribution in [0.1, 0.15) is 46.0 Å². The van der Waals surface area contributed by atoms with Crippen molar-refractivity contribution in [1.29, 1.82) is 0 Å². The van der Waals surface area contributed by atoms with Gasteiger partial charge in [-0.25, -0.2) is 0 Å². The van der Waals surface area contributed by atoms with Crippen LogP contribution in [0.3, 0.4) is 0 Å². The second kappa shape index (κ2) is 4.24. The van der Waals surface area contributed by atoms with E-state index in [2.05, 4.69) is 19.2 Å². The van der Waals surface area contributed by atoms with Gasteiger partial charge in [0.25, 0.3) is 0 Å². The van der Waals surface area contributed by atoms with Gasteiger partial charge in [0.2, 0.25) is 0 Å². The van der Waals surface area contributed by atoms with Crippen molar-refractivity contribution in [3.63, 3.8) is 0 Å². The minimum Gasteiger partial charge on any atom is -0.396 e. The van der Waals surface area contributed by atoms with Gasteiger partial charge in [-0.3, -0.25) is 0 Å². The van der Waals surface area contributed by atoms with Crippen molar-refractivity contribution >= 4 is 0 Å². The number of fused-ring (bicyclic) bond motifs is 5. The monoisotopic (exact) mass is 237 g/mol. The summed E-state index contributed by atoms with van der Waals surface area (Å²) >= 11 is 0. The highest BCUT2D eigenvalue weighted by Gasteiger charge is 2.64. The van der Waals surface area contributed by atoms with Crippen LogP contribution in [-0.2, 0) is 0 Å². The molecular weight excluding hydrogens is 210 g/mol. The van der Waals surface area contributed by atoms with Crippen LogP contribution in [0.4, 0.5) is 0 Å². The lowest BCUT2D eigenvalue weighted by Crippen LogP contribution is -2.39. The van der Waals surface area contributed by atoms with Crippen LogP contribution >= 0.6 is 0 Å². The Morgan fingerprint density at radius 3 is 2.18 bits per heavy atom. The largest absolute Gasteiger partial charge is 0.396 e. The van der Waals surface area contributed by atoms with Gasteiger partial charge in [0.05, 0.1) is 0 Å². The zero-order chi connectivity index (χ0) is 12.0. The van der Waals surface area contributed by atoms with E-state index in [4.69, 9.17) is 0 Å². The summed E-state index contributed by atoms with van der Waals surface area (Å²) in [7, 11) is 0. The lowest BCUT2D eigenvalue weighted by atomic mass is 9.83. The molecule has 2 bridgehead atoms. The summed E-state index contributed by atoms with van der Waals surface area (Å²) in [5.41, 5.74) is 0.135. The van der Waals surface area contributed by atoms with Crippen molar-refractivity contribution in [2.75, 3.05) is 13.2 Å². The van der Waals surface area contributed by atoms with Crippen molar-refractivity contribution in [3.05, 3.63) is 0 Å². The average Bonchev–Trinajstić information content (AvgIpc) is 2.77. The summed E-state index contributed by atoms with van der Waals surface area (Å²) in [5, 5.41) is 13.4. The average molecular weight is 237 g/mol. The van der Waals surface area contributed by atoms with Crippen LogP contribution in [-0.4, -0.2) is 24.3 Å². The van der Waals surface area contributed by atoms with Gasteiger partial charge >= 0.3 is 0 Å². The molecule has 0 aromatic heterocycles. The Bertz CT molecular complexity index is 262. The van der Waals surface area contributed by atoms with Crippen LogP contribution in [0.2, 0.25) is 0 Å². The number of aliphatic hydroxyl groups is 1. The molecule has 0 aromatic carbocycles. The molecule has 2 N–H and O–H groups in total. The number of hydrogen-bond acceptors (Lipinski definition) is 2. The van der Waals surface area contributed by atoms with Crippen LogP contribution in [0.5, 0.6) is 0 Å². The molecule has 3 aliphatic rings. The third kappa shape index (κ3) is 1.76. The topological polar surface area (TPSA) is 32.3 Å². The van der Waals surface area contributed by atoms with Crippen molar-refractivity contribution in [1.82, 2.24) is 5.32 Å². The van der Waals surface area contributed by atoms with Crippen molar-refractivity contribution < 1.29 is 5.11 Å². The van der Waals surface area contributed by atoms with E-state index in [1.807, 2.05) is 0 Å². The van der Waals surface area contributed by atoms with Crippen molar-refractivity contribution in [2.24, 2.45) is 29.1 Å². The van der Waals surface area contributed by atoms with E-state index in [0.717, 1.165) is 49.1 Å². The maximum Gasteiger partial charge on any atom is 0.0499 e. The predicted molar refractivity (Wildman–Crippen MR) is 69.7 cm³/mol. The summed E-state index contributed by atoms with van der Waals surface area (Å²) < 4.78 is 0. The Morgan fingerprint density at radius 1 is 1.12 bits per heavy atom. The van der Waals surface area contributed by atoms with Crippen molar-refractivity contribution in [3.8, 4) is 0 Å². The van der Waals surface area contributed by atoms with Gasteiger partial charge in [0.15, 0.2) is 0 Å². The Morgan fingerprint density at radius 2 is 1.71 bits per heavy atom. The maximum atomic E-state index is 9.59. The summed E-state index contributed by atoms with van der Waals surface area (Å²) in [6, 6.07) is 0.810. The first-order chi connectivity index (χ1) is 8.24. The first-order valence-electron chi connectivity index (χ1n) is 7.59. The minimum absolute atomic E-state index is 0.135. The van der Waals surface area contributed by atoms with Gasteiger partial charge in [-0.2, -0.15) is 0 Å². The summed E-state index contributed by atoms with van der Waals surface area (Å²) in [4.78, 5) is 0. The molecule has 0 aliphatic heterocycles. The smallest absolute Gasteiger partial charge is 0.0499 e. The van der Waals surface area contributed by atoms with Gasteiger partial charge in [0, 0.05) is 24.6 Å². The molecule has 2 heteroatoms. The number of aliphatic hydroxyl groups excluding tert-OH is 1. The predicted octanol–water partition coefficient (Wildman–Crippen LogP) is 2.42. The molecule has 0 amide bonds. The standard InChI is InChI=1S/C15H27NO/c1-3-15(4-2,9-17)8-16-14-12-10-5-6-11(7-10)13(12)14/h10-14,16-17H,3-9H2,1-2H3. The van der Waals surface area contributed by atoms with Crippen LogP contribution < -0.4 is 5.32 Å². The van der Waals surface area contributed by atoms with Gasteiger partial charge < -0.3 is 10.4 Å². The Labute approximate surface area is 105 Å². The Balaban J connectivity index is 1.53. The highest BCUT2D eigenvalue weighted by Crippen LogP contribution is 2.65. The SMILES string of the molecule is CCC(CC)(CO)CNC1C2C3CCC(C3)C12. The zero-order valence-electron chi connectivity index (χ0n) is 11.3. The molecular formula is C15H27NO. The summed E-state index contributed by atoms with van der Waals surface area (Å²) in [6.45, 7) is 5.77. The van der Waals surface area contributed by atoms with Gasteiger partial charge in [-0.15, -0.1) is 0 Å². The summed E-state index contributed by atoms with van der Waals surface area (Å²) in [5.74, 6) is 4.13. The second-order valence-electron chi connectivity index (χ2n) is 6.76. The van der Waals surface area contributed by atoms with E-state index >= 15 is 0 Å². The molecule has 4 unspecified atom stereocenters. The molecule has 3 aliphatic carbocycles. The molecule has 4 atom stereocenters. The van der Waals surface area contributed by atoms with E-state index in [1.165, 1.54) is 19.3 Å². The molecule has 0 aromatic rings. The quantitative estimate of drug-likeness (QED) is 0.743. The fourth-order valence-corrected chi connectivity index (χ4v) is 4.71. The minimum atomic E-state index is 0.135. The van der Waals surface area contributed by atoms with Gasteiger partial charge in [0.1, 0.15) is 0 Å². The first-order valence-corrected chi connectivity index (χ1v) is 7.59.